The van der Waals surface area contributed by atoms with E-state index in [1.807, 2.05) is 23.1 Å². The highest BCUT2D eigenvalue weighted by Gasteiger charge is 2.29. The van der Waals surface area contributed by atoms with Gasteiger partial charge in [-0.15, -0.1) is 0 Å². The van der Waals surface area contributed by atoms with Gasteiger partial charge in [-0.1, -0.05) is 18.2 Å². The highest BCUT2D eigenvalue weighted by atomic mass is 16.2. The summed E-state index contributed by atoms with van der Waals surface area (Å²) >= 11 is 0. The van der Waals surface area contributed by atoms with Gasteiger partial charge in [-0.2, -0.15) is 0 Å². The molecule has 1 aliphatic heterocycles. The Morgan fingerprint density at radius 3 is 2.59 bits per heavy atom. The molecule has 1 aromatic carbocycles. The molecule has 3 rings (SSSR count). The summed E-state index contributed by atoms with van der Waals surface area (Å²) in [4.78, 5) is 14.4. The van der Waals surface area contributed by atoms with Crippen LogP contribution < -0.4 is 5.32 Å². The quantitative estimate of drug-likeness (QED) is 0.837. The lowest BCUT2D eigenvalue weighted by Gasteiger charge is -2.28. The summed E-state index contributed by atoms with van der Waals surface area (Å²) in [7, 11) is 0. The Balaban J connectivity index is 1.84. The van der Waals surface area contributed by atoms with Crippen LogP contribution in [0.4, 0.5) is 0 Å². The lowest BCUT2D eigenvalue weighted by atomic mass is 10.0. The van der Waals surface area contributed by atoms with Gasteiger partial charge in [-0.25, -0.2) is 0 Å². The average molecular weight is 230 g/mol. The molecule has 1 heterocycles. The maximum Gasteiger partial charge on any atom is 0.254 e. The molecule has 17 heavy (non-hydrogen) atoms. The molecule has 1 saturated heterocycles. The second-order valence-corrected chi connectivity index (χ2v) is 4.90. The predicted octanol–water partition coefficient (Wildman–Crippen LogP) is 1.61. The van der Waals surface area contributed by atoms with Gasteiger partial charge in [0.1, 0.15) is 0 Å². The molecule has 0 spiro atoms. The van der Waals surface area contributed by atoms with Crippen LogP contribution in [0.5, 0.6) is 0 Å². The first-order valence-corrected chi connectivity index (χ1v) is 6.45. The van der Waals surface area contributed by atoms with Crippen molar-refractivity contribution in [3.63, 3.8) is 0 Å². The summed E-state index contributed by atoms with van der Waals surface area (Å²) in [5, 5.41) is 3.28. The third-order valence-corrected chi connectivity index (χ3v) is 3.61. The van der Waals surface area contributed by atoms with Gasteiger partial charge >= 0.3 is 0 Å². The third-order valence-electron chi connectivity index (χ3n) is 3.61. The molecule has 1 amide bonds. The van der Waals surface area contributed by atoms with Gasteiger partial charge in [0.25, 0.3) is 5.91 Å². The van der Waals surface area contributed by atoms with Crippen molar-refractivity contribution >= 4 is 5.91 Å². The van der Waals surface area contributed by atoms with Gasteiger partial charge in [-0.3, -0.25) is 4.79 Å². The van der Waals surface area contributed by atoms with E-state index in [1.165, 1.54) is 18.4 Å². The van der Waals surface area contributed by atoms with Gasteiger partial charge in [-0.05, 0) is 30.4 Å². The van der Waals surface area contributed by atoms with E-state index < -0.39 is 0 Å². The molecule has 0 aromatic heterocycles. The molecule has 3 nitrogen and oxygen atoms in total. The minimum Gasteiger partial charge on any atom is -0.336 e. The average Bonchev–Trinajstić information content (AvgIpc) is 3.23. The molecule has 1 saturated carbocycles. The molecule has 2 aliphatic rings. The number of nitrogens with zero attached hydrogens (tertiary/aromatic N) is 1. The van der Waals surface area contributed by atoms with Crippen LogP contribution in [0.25, 0.3) is 0 Å². The number of carbonyl (C=O) groups excluding carboxylic acids is 1. The van der Waals surface area contributed by atoms with Gasteiger partial charge in [0.2, 0.25) is 0 Å². The number of hydrogen-bond acceptors (Lipinski definition) is 2. The summed E-state index contributed by atoms with van der Waals surface area (Å²) in [5.74, 6) is 0.854. The molecule has 0 unspecified atom stereocenters. The Labute approximate surface area is 102 Å². The van der Waals surface area contributed by atoms with E-state index in [9.17, 15) is 4.79 Å². The maximum absolute atomic E-state index is 12.5. The summed E-state index contributed by atoms with van der Waals surface area (Å²) in [6, 6.07) is 8.12. The SMILES string of the molecule is O=C(c1ccccc1C1CC1)N1CCNCC1. The number of amides is 1. The van der Waals surface area contributed by atoms with Crippen molar-refractivity contribution in [3.8, 4) is 0 Å². The van der Waals surface area contributed by atoms with Crippen molar-refractivity contribution in [2.24, 2.45) is 0 Å². The summed E-state index contributed by atoms with van der Waals surface area (Å²) in [5.41, 5.74) is 2.19. The van der Waals surface area contributed by atoms with E-state index in [1.54, 1.807) is 0 Å². The lowest BCUT2D eigenvalue weighted by molar-refractivity contribution is 0.0734. The van der Waals surface area contributed by atoms with E-state index in [0.29, 0.717) is 5.92 Å². The molecule has 0 atom stereocenters. The predicted molar refractivity (Wildman–Crippen MR) is 67.2 cm³/mol. The first-order valence-electron chi connectivity index (χ1n) is 6.45. The fraction of sp³-hybridized carbons (Fsp3) is 0.500. The molecule has 0 radical (unpaired) electrons. The van der Waals surface area contributed by atoms with Crippen LogP contribution in [0, 0.1) is 0 Å². The van der Waals surface area contributed by atoms with Crippen molar-refractivity contribution in [3.05, 3.63) is 35.4 Å². The Hall–Kier alpha value is -1.35. The van der Waals surface area contributed by atoms with Crippen LogP contribution in [0.1, 0.15) is 34.7 Å². The molecule has 90 valence electrons. The van der Waals surface area contributed by atoms with Crippen LogP contribution in [0.2, 0.25) is 0 Å². The summed E-state index contributed by atoms with van der Waals surface area (Å²) in [6.45, 7) is 3.49. The van der Waals surface area contributed by atoms with Crippen molar-refractivity contribution in [2.75, 3.05) is 26.2 Å². The van der Waals surface area contributed by atoms with Crippen molar-refractivity contribution < 1.29 is 4.79 Å². The number of nitrogens with one attached hydrogen (secondary N) is 1. The second-order valence-electron chi connectivity index (χ2n) is 4.90. The van der Waals surface area contributed by atoms with Gasteiger partial charge < -0.3 is 10.2 Å². The van der Waals surface area contributed by atoms with Crippen molar-refractivity contribution in [1.82, 2.24) is 10.2 Å². The zero-order valence-corrected chi connectivity index (χ0v) is 9.98. The van der Waals surface area contributed by atoms with Crippen LogP contribution in [0.15, 0.2) is 24.3 Å². The molecule has 3 heteroatoms. The molecule has 2 fully saturated rings. The topological polar surface area (TPSA) is 32.3 Å². The van der Waals surface area contributed by atoms with E-state index in [2.05, 4.69) is 11.4 Å². The Morgan fingerprint density at radius 2 is 1.88 bits per heavy atom. The first-order chi connectivity index (χ1) is 8.36. The third kappa shape index (κ3) is 2.20. The molecule has 0 bridgehead atoms. The second kappa shape index (κ2) is 4.49. The van der Waals surface area contributed by atoms with E-state index in [-0.39, 0.29) is 5.91 Å². The van der Waals surface area contributed by atoms with Crippen LogP contribution in [-0.2, 0) is 0 Å². The fourth-order valence-electron chi connectivity index (χ4n) is 2.48. The highest BCUT2D eigenvalue weighted by molar-refractivity contribution is 5.96. The summed E-state index contributed by atoms with van der Waals surface area (Å²) in [6.07, 6.45) is 2.48. The van der Waals surface area contributed by atoms with Gasteiger partial charge in [0.15, 0.2) is 0 Å². The fourth-order valence-corrected chi connectivity index (χ4v) is 2.48. The number of benzene rings is 1. The standard InChI is InChI=1S/C14H18N2O/c17-14(16-9-7-15-8-10-16)13-4-2-1-3-12(13)11-5-6-11/h1-4,11,15H,5-10H2. The van der Waals surface area contributed by atoms with E-state index >= 15 is 0 Å². The Kier molecular flexibility index (Phi) is 2.85. The normalized spacial score (nSPS) is 20.4. The molecule has 1 aromatic rings. The largest absolute Gasteiger partial charge is 0.336 e. The molecule has 1 N–H and O–H groups in total. The molecular formula is C14H18N2O. The van der Waals surface area contributed by atoms with Crippen LogP contribution >= 0.6 is 0 Å². The first kappa shape index (κ1) is 10.8. The monoisotopic (exact) mass is 230 g/mol. The lowest BCUT2D eigenvalue weighted by Crippen LogP contribution is -2.46. The van der Waals surface area contributed by atoms with E-state index in [0.717, 1.165) is 31.7 Å². The molecule has 1 aliphatic carbocycles. The number of carbonyl (C=O) groups is 1. The van der Waals surface area contributed by atoms with Gasteiger partial charge in [0.05, 0.1) is 0 Å². The smallest absolute Gasteiger partial charge is 0.254 e. The number of piperazine rings is 1. The summed E-state index contributed by atoms with van der Waals surface area (Å²) < 4.78 is 0. The Morgan fingerprint density at radius 1 is 1.18 bits per heavy atom. The molecular weight excluding hydrogens is 212 g/mol. The minimum absolute atomic E-state index is 0.217. The van der Waals surface area contributed by atoms with Crippen molar-refractivity contribution in [1.29, 1.82) is 0 Å². The van der Waals surface area contributed by atoms with Crippen LogP contribution in [0.3, 0.4) is 0 Å². The number of hydrogen-bond donors (Lipinski definition) is 1. The van der Waals surface area contributed by atoms with E-state index in [4.69, 9.17) is 0 Å². The number of rotatable bonds is 2. The zero-order chi connectivity index (χ0) is 11.7. The zero-order valence-electron chi connectivity index (χ0n) is 9.98. The van der Waals surface area contributed by atoms with Crippen molar-refractivity contribution in [2.45, 2.75) is 18.8 Å². The van der Waals surface area contributed by atoms with Gasteiger partial charge in [0, 0.05) is 31.7 Å². The van der Waals surface area contributed by atoms with Crippen LogP contribution in [-0.4, -0.2) is 37.0 Å². The maximum atomic E-state index is 12.5. The highest BCUT2D eigenvalue weighted by Crippen LogP contribution is 2.41. The Bertz CT molecular complexity index is 420. The minimum atomic E-state index is 0.217.